The van der Waals surface area contributed by atoms with Crippen molar-refractivity contribution in [1.82, 2.24) is 4.90 Å². The maximum atomic E-state index is 14.0. The van der Waals surface area contributed by atoms with Gasteiger partial charge < -0.3 is 0 Å². The fourth-order valence-electron chi connectivity index (χ4n) is 5.55. The molecule has 2 atom stereocenters. The Hall–Kier alpha value is -2.62. The van der Waals surface area contributed by atoms with Gasteiger partial charge in [-0.05, 0) is 67.9 Å². The summed E-state index contributed by atoms with van der Waals surface area (Å²) in [4.78, 5) is 18.7. The number of anilines is 1. The number of carbonyl (C=O) groups excluding carboxylic acids is 1. The Morgan fingerprint density at radius 3 is 2.33 bits per heavy atom. The van der Waals surface area contributed by atoms with Crippen LogP contribution in [0.1, 0.15) is 53.2 Å². The lowest BCUT2D eigenvalue weighted by Gasteiger charge is -2.45. The quantitative estimate of drug-likeness (QED) is 0.456. The molecule has 1 amide bonds. The number of amides is 1. The Bertz CT molecular complexity index is 1080. The van der Waals surface area contributed by atoms with Crippen molar-refractivity contribution in [3.8, 4) is 0 Å². The van der Waals surface area contributed by atoms with Gasteiger partial charge in [-0.15, -0.1) is 12.4 Å². The SMILES string of the molecule is CC(N1C(=O)c2ccccc2CCc2ccccc21)N1CCCCC1Cc1ccccc1.Cl. The summed E-state index contributed by atoms with van der Waals surface area (Å²) in [5.41, 5.74) is 5.72. The number of nitrogens with zero attached hydrogens (tertiary/aromatic N) is 2. The Morgan fingerprint density at radius 1 is 0.848 bits per heavy atom. The van der Waals surface area contributed by atoms with Gasteiger partial charge in [-0.3, -0.25) is 14.6 Å². The average molecular weight is 461 g/mol. The molecule has 2 aliphatic heterocycles. The molecule has 33 heavy (non-hydrogen) atoms. The van der Waals surface area contributed by atoms with Crippen molar-refractivity contribution < 1.29 is 4.79 Å². The molecule has 3 nitrogen and oxygen atoms in total. The number of halogens is 1. The molecule has 0 N–H and O–H groups in total. The van der Waals surface area contributed by atoms with Gasteiger partial charge in [-0.2, -0.15) is 0 Å². The van der Waals surface area contributed by atoms with E-state index < -0.39 is 0 Å². The van der Waals surface area contributed by atoms with E-state index in [1.54, 1.807) is 0 Å². The van der Waals surface area contributed by atoms with E-state index in [-0.39, 0.29) is 24.5 Å². The standard InChI is InChI=1S/C29H32N2O.ClH/c1-22(30-20-10-9-15-26(30)21-23-11-3-2-4-12-23)31-28-17-8-6-14-25(28)19-18-24-13-5-7-16-27(24)29(31)32;/h2-8,11-14,16-17,22,26H,9-10,15,18-21H2,1H3;1H. The van der Waals surface area contributed by atoms with E-state index in [9.17, 15) is 4.79 Å². The van der Waals surface area contributed by atoms with Gasteiger partial charge in [-0.25, -0.2) is 0 Å². The molecule has 3 aromatic carbocycles. The van der Waals surface area contributed by atoms with Crippen molar-refractivity contribution in [1.29, 1.82) is 0 Å². The van der Waals surface area contributed by atoms with Crippen molar-refractivity contribution in [2.45, 2.75) is 57.7 Å². The van der Waals surface area contributed by atoms with Crippen LogP contribution in [-0.2, 0) is 19.3 Å². The van der Waals surface area contributed by atoms with E-state index in [4.69, 9.17) is 0 Å². The predicted molar refractivity (Wildman–Crippen MR) is 138 cm³/mol. The highest BCUT2D eigenvalue weighted by Crippen LogP contribution is 2.33. The maximum absolute atomic E-state index is 14.0. The molecule has 4 heteroatoms. The summed E-state index contributed by atoms with van der Waals surface area (Å²) in [5.74, 6) is 0.129. The summed E-state index contributed by atoms with van der Waals surface area (Å²) in [5, 5.41) is 0. The fraction of sp³-hybridized carbons (Fsp3) is 0.345. The van der Waals surface area contributed by atoms with Gasteiger partial charge in [0.2, 0.25) is 0 Å². The second kappa shape index (κ2) is 10.5. The van der Waals surface area contributed by atoms with Crippen LogP contribution in [0.25, 0.3) is 0 Å². The number of fused-ring (bicyclic) bond motifs is 2. The molecule has 0 aromatic heterocycles. The Morgan fingerprint density at radius 2 is 1.52 bits per heavy atom. The van der Waals surface area contributed by atoms with Crippen LogP contribution >= 0.6 is 12.4 Å². The lowest BCUT2D eigenvalue weighted by Crippen LogP contribution is -2.56. The number of benzene rings is 3. The number of hydrogen-bond acceptors (Lipinski definition) is 2. The van der Waals surface area contributed by atoms with Crippen LogP contribution in [-0.4, -0.2) is 29.6 Å². The van der Waals surface area contributed by atoms with Gasteiger partial charge >= 0.3 is 0 Å². The lowest BCUT2D eigenvalue weighted by molar-refractivity contribution is 0.0793. The molecule has 1 saturated heterocycles. The zero-order chi connectivity index (χ0) is 21.9. The minimum Gasteiger partial charge on any atom is -0.292 e. The summed E-state index contributed by atoms with van der Waals surface area (Å²) in [6, 6.07) is 27.9. The smallest absolute Gasteiger partial charge is 0.259 e. The van der Waals surface area contributed by atoms with E-state index in [2.05, 4.69) is 77.4 Å². The van der Waals surface area contributed by atoms with Crippen molar-refractivity contribution >= 4 is 24.0 Å². The molecule has 0 spiro atoms. The first-order chi connectivity index (χ1) is 15.7. The second-order valence-corrected chi connectivity index (χ2v) is 9.17. The first-order valence-corrected chi connectivity index (χ1v) is 12.0. The number of carbonyl (C=O) groups is 1. The third kappa shape index (κ3) is 4.85. The number of hydrogen-bond donors (Lipinski definition) is 0. The van der Waals surface area contributed by atoms with Crippen molar-refractivity contribution in [2.75, 3.05) is 11.4 Å². The fourth-order valence-corrected chi connectivity index (χ4v) is 5.55. The van der Waals surface area contributed by atoms with Gasteiger partial charge in [-0.1, -0.05) is 73.2 Å². The minimum atomic E-state index is 0. The minimum absolute atomic E-state index is 0. The molecule has 2 aliphatic rings. The van der Waals surface area contributed by atoms with Crippen LogP contribution in [0.2, 0.25) is 0 Å². The number of para-hydroxylation sites is 1. The van der Waals surface area contributed by atoms with Gasteiger partial charge in [0, 0.05) is 23.8 Å². The van der Waals surface area contributed by atoms with E-state index in [0.717, 1.165) is 42.6 Å². The highest BCUT2D eigenvalue weighted by molar-refractivity contribution is 6.08. The molecule has 2 heterocycles. The van der Waals surface area contributed by atoms with E-state index >= 15 is 0 Å². The van der Waals surface area contributed by atoms with Gasteiger partial charge in [0.05, 0.1) is 6.17 Å². The van der Waals surface area contributed by atoms with Gasteiger partial charge in [0.15, 0.2) is 0 Å². The Balaban J connectivity index is 0.00000259. The highest BCUT2D eigenvalue weighted by atomic mass is 35.5. The van der Waals surface area contributed by atoms with Crippen LogP contribution in [0.15, 0.2) is 78.9 Å². The van der Waals surface area contributed by atoms with Crippen LogP contribution in [0, 0.1) is 0 Å². The molecular weight excluding hydrogens is 428 g/mol. The summed E-state index contributed by atoms with van der Waals surface area (Å²) < 4.78 is 0. The van der Waals surface area contributed by atoms with Crippen LogP contribution in [0.3, 0.4) is 0 Å². The van der Waals surface area contributed by atoms with Gasteiger partial charge in [0.1, 0.15) is 0 Å². The molecular formula is C29H33ClN2O. The zero-order valence-corrected chi connectivity index (χ0v) is 20.1. The summed E-state index contributed by atoms with van der Waals surface area (Å²) >= 11 is 0. The van der Waals surface area contributed by atoms with Gasteiger partial charge in [0.25, 0.3) is 5.91 Å². The number of likely N-dealkylation sites (tertiary alicyclic amines) is 1. The van der Waals surface area contributed by atoms with Crippen molar-refractivity contribution in [3.63, 3.8) is 0 Å². The largest absolute Gasteiger partial charge is 0.292 e. The molecule has 5 rings (SSSR count). The summed E-state index contributed by atoms with van der Waals surface area (Å²) in [6.45, 7) is 3.26. The maximum Gasteiger partial charge on any atom is 0.259 e. The molecule has 2 unspecified atom stereocenters. The molecule has 0 bridgehead atoms. The number of aryl methyl sites for hydroxylation is 2. The molecule has 3 aromatic rings. The van der Waals surface area contributed by atoms with Crippen LogP contribution in [0.5, 0.6) is 0 Å². The summed E-state index contributed by atoms with van der Waals surface area (Å²) in [7, 11) is 0. The first kappa shape index (κ1) is 23.5. The number of piperidine rings is 1. The Labute approximate surface area is 203 Å². The molecule has 0 radical (unpaired) electrons. The highest BCUT2D eigenvalue weighted by Gasteiger charge is 2.35. The molecule has 0 aliphatic carbocycles. The molecule has 1 fully saturated rings. The monoisotopic (exact) mass is 460 g/mol. The average Bonchev–Trinajstić information content (AvgIpc) is 2.84. The van der Waals surface area contributed by atoms with Crippen molar-refractivity contribution in [2.24, 2.45) is 0 Å². The van der Waals surface area contributed by atoms with Crippen LogP contribution < -0.4 is 4.90 Å². The summed E-state index contributed by atoms with van der Waals surface area (Å²) in [6.07, 6.45) is 6.52. The molecule has 0 saturated carbocycles. The third-order valence-corrected chi connectivity index (χ3v) is 7.22. The number of rotatable bonds is 4. The zero-order valence-electron chi connectivity index (χ0n) is 19.3. The van der Waals surface area contributed by atoms with Crippen molar-refractivity contribution in [3.05, 3.63) is 101 Å². The Kier molecular flexibility index (Phi) is 7.52. The lowest BCUT2D eigenvalue weighted by atomic mass is 9.93. The first-order valence-electron chi connectivity index (χ1n) is 12.0. The predicted octanol–water partition coefficient (Wildman–Crippen LogP) is 6.30. The molecule has 172 valence electrons. The van der Waals surface area contributed by atoms with Crippen LogP contribution in [0.4, 0.5) is 5.69 Å². The van der Waals surface area contributed by atoms with E-state index in [0.29, 0.717) is 6.04 Å². The third-order valence-electron chi connectivity index (χ3n) is 7.22. The normalized spacial score (nSPS) is 19.5. The van der Waals surface area contributed by atoms with E-state index in [1.807, 2.05) is 18.2 Å². The topological polar surface area (TPSA) is 23.6 Å². The second-order valence-electron chi connectivity index (χ2n) is 9.17. The van der Waals surface area contributed by atoms with E-state index in [1.165, 1.54) is 30.4 Å².